The molecule has 2 unspecified atom stereocenters. The summed E-state index contributed by atoms with van der Waals surface area (Å²) in [6, 6.07) is 0. The highest BCUT2D eigenvalue weighted by atomic mass is 16.5. The molecule has 0 aliphatic carbocycles. The van der Waals surface area contributed by atoms with Gasteiger partial charge in [-0.1, -0.05) is 0 Å². The lowest BCUT2D eigenvalue weighted by Gasteiger charge is -2.35. The van der Waals surface area contributed by atoms with E-state index in [4.69, 9.17) is 4.74 Å². The summed E-state index contributed by atoms with van der Waals surface area (Å²) in [5.41, 5.74) is 0.314. The Morgan fingerprint density at radius 2 is 1.92 bits per heavy atom. The Balaban J connectivity index is 2.07. The van der Waals surface area contributed by atoms with E-state index in [1.54, 1.807) is 0 Å². The van der Waals surface area contributed by atoms with E-state index in [1.807, 2.05) is 0 Å². The molecule has 0 spiro atoms. The predicted molar refractivity (Wildman–Crippen MR) is 53.8 cm³/mol. The maximum Gasteiger partial charge on any atom is 0.0702 e. The zero-order valence-corrected chi connectivity index (χ0v) is 9.05. The Bertz CT molecular complexity index is 163. The van der Waals surface area contributed by atoms with Crippen LogP contribution in [0.5, 0.6) is 0 Å². The van der Waals surface area contributed by atoms with E-state index in [0.29, 0.717) is 11.6 Å². The van der Waals surface area contributed by atoms with Gasteiger partial charge in [0.15, 0.2) is 0 Å². The van der Waals surface area contributed by atoms with Crippen molar-refractivity contribution in [2.45, 2.75) is 45.3 Å². The molecular weight excluding hydrogens is 162 g/mol. The molecule has 3 fully saturated rings. The monoisotopic (exact) mass is 183 g/mol. The quantitative estimate of drug-likeness (QED) is 0.568. The first-order chi connectivity index (χ1) is 6.05. The molecule has 0 aromatic carbocycles. The molecule has 0 amide bonds. The minimum absolute atomic E-state index is 0.314. The van der Waals surface area contributed by atoms with Crippen molar-refractivity contribution in [2.75, 3.05) is 19.7 Å². The van der Waals surface area contributed by atoms with Crippen molar-refractivity contribution >= 4 is 0 Å². The maximum absolute atomic E-state index is 5.79. The molecule has 76 valence electrons. The van der Waals surface area contributed by atoms with Crippen molar-refractivity contribution < 1.29 is 4.74 Å². The summed E-state index contributed by atoms with van der Waals surface area (Å²) in [5.74, 6) is 0.790. The molecule has 0 radical (unpaired) electrons. The zero-order valence-electron chi connectivity index (χ0n) is 9.05. The molecule has 2 atom stereocenters. The Morgan fingerprint density at radius 1 is 1.15 bits per heavy atom. The van der Waals surface area contributed by atoms with Gasteiger partial charge in [-0.2, -0.15) is 0 Å². The minimum Gasteiger partial charge on any atom is -0.377 e. The maximum atomic E-state index is 5.79. The van der Waals surface area contributed by atoms with E-state index < -0.39 is 0 Å². The van der Waals surface area contributed by atoms with E-state index in [0.717, 1.165) is 19.1 Å². The average Bonchev–Trinajstić information content (AvgIpc) is 2.34. The highest BCUT2D eigenvalue weighted by Gasteiger charge is 2.34. The van der Waals surface area contributed by atoms with E-state index in [2.05, 4.69) is 25.7 Å². The van der Waals surface area contributed by atoms with E-state index in [-0.39, 0.29) is 0 Å². The van der Waals surface area contributed by atoms with E-state index >= 15 is 0 Å². The molecule has 0 N–H and O–H groups in total. The summed E-state index contributed by atoms with van der Waals surface area (Å²) in [6.45, 7) is 10.3. The number of hydrogen-bond donors (Lipinski definition) is 0. The molecule has 3 heterocycles. The molecule has 3 rings (SSSR count). The molecule has 0 saturated carbocycles. The van der Waals surface area contributed by atoms with Gasteiger partial charge in [0.1, 0.15) is 0 Å². The van der Waals surface area contributed by atoms with Crippen LogP contribution in [0.2, 0.25) is 0 Å². The Morgan fingerprint density at radius 3 is 2.46 bits per heavy atom. The van der Waals surface area contributed by atoms with Crippen LogP contribution in [0.15, 0.2) is 0 Å². The van der Waals surface area contributed by atoms with Crippen LogP contribution in [-0.4, -0.2) is 36.2 Å². The van der Waals surface area contributed by atoms with Gasteiger partial charge >= 0.3 is 0 Å². The summed E-state index contributed by atoms with van der Waals surface area (Å²) in [5, 5.41) is 0. The first-order valence-corrected chi connectivity index (χ1v) is 5.42. The molecule has 13 heavy (non-hydrogen) atoms. The fourth-order valence-corrected chi connectivity index (χ4v) is 2.33. The number of fused-ring (bicyclic) bond motifs is 4. The summed E-state index contributed by atoms with van der Waals surface area (Å²) in [6.07, 6.45) is 3.16. The van der Waals surface area contributed by atoms with Crippen LogP contribution >= 0.6 is 0 Å². The van der Waals surface area contributed by atoms with Crippen molar-refractivity contribution in [1.29, 1.82) is 0 Å². The van der Waals surface area contributed by atoms with Gasteiger partial charge in [-0.05, 0) is 39.5 Å². The fourth-order valence-electron chi connectivity index (χ4n) is 2.33. The smallest absolute Gasteiger partial charge is 0.0702 e. The van der Waals surface area contributed by atoms with Crippen molar-refractivity contribution in [3.8, 4) is 0 Å². The first kappa shape index (κ1) is 9.47. The van der Waals surface area contributed by atoms with E-state index in [9.17, 15) is 0 Å². The molecule has 0 aromatic heterocycles. The van der Waals surface area contributed by atoms with Crippen LogP contribution < -0.4 is 0 Å². The van der Waals surface area contributed by atoms with Crippen molar-refractivity contribution in [3.63, 3.8) is 0 Å². The number of ether oxygens (including phenoxy) is 1. The van der Waals surface area contributed by atoms with Crippen LogP contribution in [0.1, 0.15) is 33.6 Å². The first-order valence-electron chi connectivity index (χ1n) is 5.42. The molecule has 0 aromatic rings. The van der Waals surface area contributed by atoms with Crippen LogP contribution in [0.25, 0.3) is 0 Å². The normalized spacial score (nSPS) is 36.2. The summed E-state index contributed by atoms with van der Waals surface area (Å²) in [7, 11) is 0. The zero-order chi connectivity index (χ0) is 9.47. The topological polar surface area (TPSA) is 12.5 Å². The largest absolute Gasteiger partial charge is 0.377 e. The van der Waals surface area contributed by atoms with Gasteiger partial charge in [-0.25, -0.2) is 0 Å². The molecule has 3 aliphatic heterocycles. The Hall–Kier alpha value is -0.0800. The fraction of sp³-hybridized carbons (Fsp3) is 1.00. The van der Waals surface area contributed by atoms with Gasteiger partial charge in [0.05, 0.1) is 12.7 Å². The Kier molecular flexibility index (Phi) is 2.37. The highest BCUT2D eigenvalue weighted by molar-refractivity contribution is 4.87. The third-order valence-electron chi connectivity index (χ3n) is 3.32. The van der Waals surface area contributed by atoms with Crippen molar-refractivity contribution in [1.82, 2.24) is 4.90 Å². The second-order valence-corrected chi connectivity index (χ2v) is 5.47. The van der Waals surface area contributed by atoms with Crippen LogP contribution in [0.4, 0.5) is 0 Å². The lowest BCUT2D eigenvalue weighted by Crippen LogP contribution is -2.44. The number of rotatable bonds is 0. The summed E-state index contributed by atoms with van der Waals surface area (Å²) in [4.78, 5) is 2.59. The lowest BCUT2D eigenvalue weighted by molar-refractivity contribution is 0.00149. The van der Waals surface area contributed by atoms with Gasteiger partial charge in [-0.3, -0.25) is 4.90 Å². The average molecular weight is 183 g/mol. The van der Waals surface area contributed by atoms with Crippen LogP contribution in [0.3, 0.4) is 0 Å². The van der Waals surface area contributed by atoms with Gasteiger partial charge in [0, 0.05) is 18.6 Å². The summed E-state index contributed by atoms with van der Waals surface area (Å²) < 4.78 is 5.79. The molecule has 2 bridgehead atoms. The van der Waals surface area contributed by atoms with Crippen LogP contribution in [0, 0.1) is 5.92 Å². The van der Waals surface area contributed by atoms with Gasteiger partial charge in [0.25, 0.3) is 0 Å². The molecule has 3 saturated heterocycles. The third-order valence-corrected chi connectivity index (χ3v) is 3.32. The second-order valence-electron chi connectivity index (χ2n) is 5.47. The van der Waals surface area contributed by atoms with Gasteiger partial charge in [0.2, 0.25) is 0 Å². The van der Waals surface area contributed by atoms with Crippen LogP contribution in [-0.2, 0) is 4.74 Å². The van der Waals surface area contributed by atoms with Crippen molar-refractivity contribution in [3.05, 3.63) is 0 Å². The Labute approximate surface area is 81.3 Å². The van der Waals surface area contributed by atoms with E-state index in [1.165, 1.54) is 19.4 Å². The van der Waals surface area contributed by atoms with Gasteiger partial charge in [-0.15, -0.1) is 0 Å². The molecular formula is C11H21NO. The third kappa shape index (κ3) is 2.05. The standard InChI is InChI=1S/C11H21NO/c1-11(2,3)12-6-9-4-5-10(7-12)13-8-9/h9-10H,4-8H2,1-3H3. The molecule has 2 nitrogen and oxygen atoms in total. The molecule has 3 aliphatic rings. The highest BCUT2D eigenvalue weighted by Crippen LogP contribution is 2.29. The van der Waals surface area contributed by atoms with Gasteiger partial charge < -0.3 is 4.74 Å². The molecule has 2 heteroatoms. The number of hydrogen-bond acceptors (Lipinski definition) is 2. The number of nitrogens with zero attached hydrogens (tertiary/aromatic N) is 1. The second kappa shape index (κ2) is 3.25. The SMILES string of the molecule is CC(C)(C)N1CC2CCC(C1)OC2. The summed E-state index contributed by atoms with van der Waals surface area (Å²) >= 11 is 0. The predicted octanol–water partition coefficient (Wildman–Crippen LogP) is 1.90. The van der Waals surface area contributed by atoms with Crippen molar-refractivity contribution in [2.24, 2.45) is 5.92 Å². The lowest BCUT2D eigenvalue weighted by atomic mass is 10.0. The minimum atomic E-state index is 0.314.